The van der Waals surface area contributed by atoms with Crippen LogP contribution in [0.25, 0.3) is 22.1 Å². The number of rotatable bonds is 3. The molecule has 8 nitrogen and oxygen atoms in total. The first-order valence-electron chi connectivity index (χ1n) is 9.76. The molecule has 1 N–H and O–H groups in total. The highest BCUT2D eigenvalue weighted by atomic mass is 16.1. The molecule has 29 heavy (non-hydrogen) atoms. The molecule has 0 radical (unpaired) electrons. The van der Waals surface area contributed by atoms with E-state index in [9.17, 15) is 4.79 Å². The van der Waals surface area contributed by atoms with Crippen molar-refractivity contribution in [1.82, 2.24) is 29.0 Å². The average Bonchev–Trinajstić information content (AvgIpc) is 3.23. The number of anilines is 2. The van der Waals surface area contributed by atoms with Crippen LogP contribution in [0.5, 0.6) is 0 Å². The van der Waals surface area contributed by atoms with Gasteiger partial charge in [-0.2, -0.15) is 4.98 Å². The van der Waals surface area contributed by atoms with Gasteiger partial charge in [0.1, 0.15) is 5.52 Å². The van der Waals surface area contributed by atoms with Gasteiger partial charge in [0.05, 0.1) is 17.8 Å². The second kappa shape index (κ2) is 6.66. The fourth-order valence-electron chi connectivity index (χ4n) is 4.13. The standard InChI is InChI=1S/C21H23N7O/c1-13-9-17-14(5-4-7-22-17)10-16(13)24-20-23-11-18-19(25-20)28(21(29)27(18)3)15-6-8-26(2)12-15/h4-5,7,9-11,15H,6,8,12H2,1-3H3,(H,23,24,25)/t15-/m1/s1. The molecule has 0 unspecified atom stereocenters. The number of hydrogen-bond acceptors (Lipinski definition) is 6. The maximum Gasteiger partial charge on any atom is 0.330 e. The zero-order valence-corrected chi connectivity index (χ0v) is 16.8. The summed E-state index contributed by atoms with van der Waals surface area (Å²) in [6, 6.07) is 8.18. The van der Waals surface area contributed by atoms with Crippen LogP contribution in [0.2, 0.25) is 0 Å². The number of imidazole rings is 1. The molecule has 4 aromatic rings. The van der Waals surface area contributed by atoms with Crippen LogP contribution in [0.4, 0.5) is 11.6 Å². The van der Waals surface area contributed by atoms with E-state index in [1.165, 1.54) is 0 Å². The summed E-state index contributed by atoms with van der Waals surface area (Å²) in [6.07, 6.45) is 4.46. The summed E-state index contributed by atoms with van der Waals surface area (Å²) >= 11 is 0. The minimum absolute atomic E-state index is 0.0419. The Hall–Kier alpha value is -3.26. The molecule has 1 aromatic carbocycles. The largest absolute Gasteiger partial charge is 0.330 e. The van der Waals surface area contributed by atoms with E-state index in [-0.39, 0.29) is 11.7 Å². The van der Waals surface area contributed by atoms with Gasteiger partial charge in [0.2, 0.25) is 5.95 Å². The Bertz CT molecular complexity index is 1290. The molecule has 0 spiro atoms. The third kappa shape index (κ3) is 2.96. The van der Waals surface area contributed by atoms with Gasteiger partial charge >= 0.3 is 5.69 Å². The molecule has 3 aromatic heterocycles. The molecule has 0 bridgehead atoms. The predicted molar refractivity (Wildman–Crippen MR) is 114 cm³/mol. The van der Waals surface area contributed by atoms with E-state index >= 15 is 0 Å². The molecule has 0 amide bonds. The van der Waals surface area contributed by atoms with E-state index in [4.69, 9.17) is 4.98 Å². The topological polar surface area (TPSA) is 80.9 Å². The van der Waals surface area contributed by atoms with Gasteiger partial charge in [-0.15, -0.1) is 0 Å². The Morgan fingerprint density at radius 3 is 2.86 bits per heavy atom. The first-order valence-corrected chi connectivity index (χ1v) is 9.76. The molecule has 148 valence electrons. The first kappa shape index (κ1) is 17.8. The van der Waals surface area contributed by atoms with E-state index in [0.29, 0.717) is 11.6 Å². The predicted octanol–water partition coefficient (Wildman–Crippen LogP) is 2.61. The van der Waals surface area contributed by atoms with Gasteiger partial charge < -0.3 is 10.2 Å². The highest BCUT2D eigenvalue weighted by Gasteiger charge is 2.26. The molecular formula is C21H23N7O. The third-order valence-electron chi connectivity index (χ3n) is 5.76. The number of likely N-dealkylation sites (N-methyl/N-ethyl adjacent to an activating group) is 1. The Morgan fingerprint density at radius 2 is 2.07 bits per heavy atom. The number of fused-ring (bicyclic) bond motifs is 2. The highest BCUT2D eigenvalue weighted by molar-refractivity contribution is 5.85. The normalized spacial score (nSPS) is 17.4. The quantitative estimate of drug-likeness (QED) is 0.580. The molecule has 0 aliphatic carbocycles. The Kier molecular flexibility index (Phi) is 4.09. The van der Waals surface area contributed by atoms with Crippen molar-refractivity contribution in [3.05, 3.63) is 52.7 Å². The summed E-state index contributed by atoms with van der Waals surface area (Å²) in [6.45, 7) is 3.86. The number of benzene rings is 1. The molecule has 5 rings (SSSR count). The van der Waals surface area contributed by atoms with Crippen LogP contribution >= 0.6 is 0 Å². The molecule has 8 heteroatoms. The second-order valence-corrected chi connectivity index (χ2v) is 7.81. The number of hydrogen-bond donors (Lipinski definition) is 1. The molecule has 4 heterocycles. The van der Waals surface area contributed by atoms with Crippen molar-refractivity contribution >= 4 is 33.7 Å². The summed E-state index contributed by atoms with van der Waals surface area (Å²) in [5.41, 5.74) is 4.32. The monoisotopic (exact) mass is 389 g/mol. The van der Waals surface area contributed by atoms with Gasteiger partial charge in [-0.1, -0.05) is 6.07 Å². The number of aromatic nitrogens is 5. The Labute approximate surface area is 167 Å². The van der Waals surface area contributed by atoms with E-state index in [0.717, 1.165) is 47.2 Å². The molecule has 0 saturated carbocycles. The zero-order valence-electron chi connectivity index (χ0n) is 16.8. The second-order valence-electron chi connectivity index (χ2n) is 7.81. The van der Waals surface area contributed by atoms with Crippen molar-refractivity contribution in [2.75, 3.05) is 25.5 Å². The Morgan fingerprint density at radius 1 is 1.21 bits per heavy atom. The van der Waals surface area contributed by atoms with Crippen LogP contribution in [0.1, 0.15) is 18.0 Å². The lowest BCUT2D eigenvalue weighted by Gasteiger charge is -2.13. The van der Waals surface area contributed by atoms with E-state index < -0.39 is 0 Å². The lowest BCUT2D eigenvalue weighted by Crippen LogP contribution is -2.27. The molecule has 1 aliphatic rings. The van der Waals surface area contributed by atoms with Crippen LogP contribution < -0.4 is 11.0 Å². The number of likely N-dealkylation sites (tertiary alicyclic amines) is 1. The van der Waals surface area contributed by atoms with Crippen LogP contribution in [0.15, 0.2) is 41.5 Å². The molecule has 1 atom stereocenters. The average molecular weight is 389 g/mol. The van der Waals surface area contributed by atoms with Crippen molar-refractivity contribution in [2.45, 2.75) is 19.4 Å². The fraction of sp³-hybridized carbons (Fsp3) is 0.333. The highest BCUT2D eigenvalue weighted by Crippen LogP contribution is 2.26. The van der Waals surface area contributed by atoms with Gasteiger partial charge in [0, 0.05) is 30.9 Å². The summed E-state index contributed by atoms with van der Waals surface area (Å²) in [7, 11) is 3.85. The Balaban J connectivity index is 1.58. The number of nitrogens with zero attached hydrogens (tertiary/aromatic N) is 6. The van der Waals surface area contributed by atoms with Crippen molar-refractivity contribution < 1.29 is 0 Å². The van der Waals surface area contributed by atoms with Gasteiger partial charge in [-0.3, -0.25) is 14.1 Å². The van der Waals surface area contributed by atoms with Gasteiger partial charge in [0.25, 0.3) is 0 Å². The molecule has 1 aliphatic heterocycles. The minimum atomic E-state index is -0.0419. The summed E-state index contributed by atoms with van der Waals surface area (Å²) in [5, 5.41) is 4.38. The smallest absolute Gasteiger partial charge is 0.324 e. The molecule has 1 saturated heterocycles. The maximum absolute atomic E-state index is 12.9. The maximum atomic E-state index is 12.9. The van der Waals surface area contributed by atoms with Gasteiger partial charge in [0.15, 0.2) is 5.65 Å². The van der Waals surface area contributed by atoms with Crippen LogP contribution in [0.3, 0.4) is 0 Å². The lowest BCUT2D eigenvalue weighted by atomic mass is 10.1. The number of aryl methyl sites for hydroxylation is 2. The lowest BCUT2D eigenvalue weighted by molar-refractivity contribution is 0.391. The van der Waals surface area contributed by atoms with Crippen molar-refractivity contribution in [1.29, 1.82) is 0 Å². The zero-order chi connectivity index (χ0) is 20.1. The van der Waals surface area contributed by atoms with Crippen molar-refractivity contribution in [2.24, 2.45) is 7.05 Å². The number of nitrogens with one attached hydrogen (secondary N) is 1. The first-order chi connectivity index (χ1) is 14.0. The van der Waals surface area contributed by atoms with Crippen LogP contribution in [-0.4, -0.2) is 49.1 Å². The summed E-state index contributed by atoms with van der Waals surface area (Å²) in [5.74, 6) is 0.481. The third-order valence-corrected chi connectivity index (χ3v) is 5.76. The summed E-state index contributed by atoms with van der Waals surface area (Å²) < 4.78 is 3.45. The fourth-order valence-corrected chi connectivity index (χ4v) is 4.13. The summed E-state index contributed by atoms with van der Waals surface area (Å²) in [4.78, 5) is 28.7. The minimum Gasteiger partial charge on any atom is -0.324 e. The van der Waals surface area contributed by atoms with Crippen molar-refractivity contribution in [3.63, 3.8) is 0 Å². The van der Waals surface area contributed by atoms with Gasteiger partial charge in [-0.25, -0.2) is 9.78 Å². The molecular weight excluding hydrogens is 366 g/mol. The van der Waals surface area contributed by atoms with Gasteiger partial charge in [-0.05, 0) is 50.7 Å². The van der Waals surface area contributed by atoms with E-state index in [1.807, 2.05) is 29.7 Å². The van der Waals surface area contributed by atoms with E-state index in [1.54, 1.807) is 24.0 Å². The van der Waals surface area contributed by atoms with Crippen LogP contribution in [0, 0.1) is 6.92 Å². The number of pyridine rings is 1. The SMILES string of the molecule is Cc1cc2ncccc2cc1Nc1ncc2c(n1)n([C@@H]1CCN(C)C1)c(=O)n2C. The van der Waals surface area contributed by atoms with Crippen LogP contribution in [-0.2, 0) is 7.05 Å². The van der Waals surface area contributed by atoms with E-state index in [2.05, 4.69) is 33.3 Å². The van der Waals surface area contributed by atoms with Crippen molar-refractivity contribution in [3.8, 4) is 0 Å². The molecule has 1 fully saturated rings.